The number of nitrogens with two attached hydrogens (primary N) is 1. The van der Waals surface area contributed by atoms with Crippen LogP contribution in [-0.4, -0.2) is 24.0 Å². The first-order valence-electron chi connectivity index (χ1n) is 7.08. The van der Waals surface area contributed by atoms with Gasteiger partial charge >= 0.3 is 0 Å². The standard InChI is InChI=1S/C15H22F2N2/c1-2-19(12-5-3-4-6-12)15(10-18)11-7-8-13(16)14(17)9-11/h7-9,12,15H,2-6,10,18H2,1H3. The van der Waals surface area contributed by atoms with Gasteiger partial charge in [0, 0.05) is 18.6 Å². The number of likely N-dealkylation sites (N-methyl/N-ethyl adjacent to an activating group) is 1. The van der Waals surface area contributed by atoms with Gasteiger partial charge in [-0.1, -0.05) is 25.8 Å². The Morgan fingerprint density at radius 3 is 2.47 bits per heavy atom. The molecule has 19 heavy (non-hydrogen) atoms. The van der Waals surface area contributed by atoms with Crippen LogP contribution in [0.1, 0.15) is 44.2 Å². The molecule has 0 saturated heterocycles. The van der Waals surface area contributed by atoms with Crippen molar-refractivity contribution in [3.05, 3.63) is 35.4 Å². The first-order chi connectivity index (χ1) is 9.17. The third kappa shape index (κ3) is 3.12. The van der Waals surface area contributed by atoms with Gasteiger partial charge in [-0.05, 0) is 37.1 Å². The van der Waals surface area contributed by atoms with Crippen LogP contribution >= 0.6 is 0 Å². The zero-order valence-corrected chi connectivity index (χ0v) is 11.4. The van der Waals surface area contributed by atoms with Crippen molar-refractivity contribution in [1.29, 1.82) is 0 Å². The summed E-state index contributed by atoms with van der Waals surface area (Å²) in [5.41, 5.74) is 6.65. The fraction of sp³-hybridized carbons (Fsp3) is 0.600. The second-order valence-electron chi connectivity index (χ2n) is 5.19. The van der Waals surface area contributed by atoms with Crippen LogP contribution in [0.2, 0.25) is 0 Å². The average Bonchev–Trinajstić information content (AvgIpc) is 2.93. The lowest BCUT2D eigenvalue weighted by Crippen LogP contribution is -2.40. The molecule has 0 aromatic heterocycles. The van der Waals surface area contributed by atoms with Crippen molar-refractivity contribution in [2.45, 2.75) is 44.7 Å². The maximum Gasteiger partial charge on any atom is 0.159 e. The minimum atomic E-state index is -0.802. The summed E-state index contributed by atoms with van der Waals surface area (Å²) in [5.74, 6) is -1.60. The van der Waals surface area contributed by atoms with Crippen LogP contribution < -0.4 is 5.73 Å². The zero-order valence-electron chi connectivity index (χ0n) is 11.4. The van der Waals surface area contributed by atoms with Crippen molar-refractivity contribution in [1.82, 2.24) is 4.90 Å². The smallest absolute Gasteiger partial charge is 0.159 e. The normalized spacial score (nSPS) is 18.2. The van der Waals surface area contributed by atoms with Gasteiger partial charge in [0.1, 0.15) is 0 Å². The van der Waals surface area contributed by atoms with E-state index in [9.17, 15) is 8.78 Å². The van der Waals surface area contributed by atoms with Gasteiger partial charge in [-0.2, -0.15) is 0 Å². The second-order valence-corrected chi connectivity index (χ2v) is 5.19. The summed E-state index contributed by atoms with van der Waals surface area (Å²) >= 11 is 0. The van der Waals surface area contributed by atoms with Gasteiger partial charge in [-0.3, -0.25) is 4.90 Å². The summed E-state index contributed by atoms with van der Waals surface area (Å²) < 4.78 is 26.4. The average molecular weight is 268 g/mol. The van der Waals surface area contributed by atoms with Crippen LogP contribution in [0.25, 0.3) is 0 Å². The Balaban J connectivity index is 2.23. The highest BCUT2D eigenvalue weighted by atomic mass is 19.2. The van der Waals surface area contributed by atoms with E-state index in [4.69, 9.17) is 5.73 Å². The number of halogens is 2. The Labute approximate surface area is 113 Å². The third-order valence-corrected chi connectivity index (χ3v) is 4.11. The van der Waals surface area contributed by atoms with Gasteiger partial charge < -0.3 is 5.73 Å². The summed E-state index contributed by atoms with van der Waals surface area (Å²) in [4.78, 5) is 2.33. The molecule has 2 rings (SSSR count). The minimum absolute atomic E-state index is 0.0248. The molecular formula is C15H22F2N2. The summed E-state index contributed by atoms with van der Waals surface area (Å²) in [6.45, 7) is 3.40. The molecule has 0 radical (unpaired) electrons. The van der Waals surface area contributed by atoms with Gasteiger partial charge in [0.2, 0.25) is 0 Å². The monoisotopic (exact) mass is 268 g/mol. The van der Waals surface area contributed by atoms with Gasteiger partial charge in [-0.25, -0.2) is 8.78 Å². The Morgan fingerprint density at radius 2 is 1.95 bits per heavy atom. The predicted molar refractivity (Wildman–Crippen MR) is 72.8 cm³/mol. The highest BCUT2D eigenvalue weighted by Crippen LogP contribution is 2.30. The lowest BCUT2D eigenvalue weighted by atomic mass is 10.0. The molecule has 4 heteroatoms. The van der Waals surface area contributed by atoms with E-state index in [0.29, 0.717) is 12.6 Å². The topological polar surface area (TPSA) is 29.3 Å². The SMILES string of the molecule is CCN(C1CCCC1)C(CN)c1ccc(F)c(F)c1. The van der Waals surface area contributed by atoms with Crippen LogP contribution in [0, 0.1) is 11.6 Å². The van der Waals surface area contributed by atoms with Gasteiger partial charge in [0.05, 0.1) is 0 Å². The molecule has 1 fully saturated rings. The maximum absolute atomic E-state index is 13.4. The van der Waals surface area contributed by atoms with Crippen LogP contribution in [0.15, 0.2) is 18.2 Å². The minimum Gasteiger partial charge on any atom is -0.329 e. The molecule has 106 valence electrons. The van der Waals surface area contributed by atoms with Crippen molar-refractivity contribution < 1.29 is 8.78 Å². The first kappa shape index (κ1) is 14.4. The van der Waals surface area contributed by atoms with Crippen molar-refractivity contribution in [2.24, 2.45) is 5.73 Å². The molecule has 0 spiro atoms. The van der Waals surface area contributed by atoms with E-state index in [1.54, 1.807) is 6.07 Å². The van der Waals surface area contributed by atoms with E-state index in [2.05, 4.69) is 11.8 Å². The van der Waals surface area contributed by atoms with E-state index in [0.717, 1.165) is 12.1 Å². The van der Waals surface area contributed by atoms with E-state index in [1.807, 2.05) is 0 Å². The Hall–Kier alpha value is -1.00. The lowest BCUT2D eigenvalue weighted by Gasteiger charge is -2.35. The molecule has 2 N–H and O–H groups in total. The number of rotatable bonds is 5. The fourth-order valence-electron chi connectivity index (χ4n) is 3.15. The van der Waals surface area contributed by atoms with Gasteiger partial charge in [-0.15, -0.1) is 0 Å². The zero-order chi connectivity index (χ0) is 13.8. The molecule has 0 aliphatic heterocycles. The highest BCUT2D eigenvalue weighted by Gasteiger charge is 2.28. The summed E-state index contributed by atoms with van der Waals surface area (Å²) in [6, 6.07) is 4.61. The first-order valence-corrected chi connectivity index (χ1v) is 7.08. The van der Waals surface area contributed by atoms with E-state index < -0.39 is 11.6 Å². The molecule has 1 aromatic rings. The molecule has 1 unspecified atom stereocenters. The second kappa shape index (κ2) is 6.44. The number of hydrogen-bond donors (Lipinski definition) is 1. The maximum atomic E-state index is 13.4. The van der Waals surface area contributed by atoms with Crippen molar-refractivity contribution in [2.75, 3.05) is 13.1 Å². The molecule has 0 amide bonds. The van der Waals surface area contributed by atoms with Gasteiger partial charge in [0.25, 0.3) is 0 Å². The van der Waals surface area contributed by atoms with Crippen LogP contribution in [0.3, 0.4) is 0 Å². The van der Waals surface area contributed by atoms with Crippen molar-refractivity contribution in [3.63, 3.8) is 0 Å². The quantitative estimate of drug-likeness (QED) is 0.888. The molecule has 1 aliphatic rings. The predicted octanol–water partition coefficient (Wildman–Crippen LogP) is 3.23. The van der Waals surface area contributed by atoms with Gasteiger partial charge in [0.15, 0.2) is 11.6 Å². The summed E-state index contributed by atoms with van der Waals surface area (Å²) in [6.07, 6.45) is 4.84. The molecular weight excluding hydrogens is 246 g/mol. The fourth-order valence-corrected chi connectivity index (χ4v) is 3.15. The van der Waals surface area contributed by atoms with E-state index >= 15 is 0 Å². The molecule has 1 aliphatic carbocycles. The molecule has 0 bridgehead atoms. The van der Waals surface area contributed by atoms with E-state index in [-0.39, 0.29) is 6.04 Å². The number of nitrogens with zero attached hydrogens (tertiary/aromatic N) is 1. The van der Waals surface area contributed by atoms with Crippen LogP contribution in [0.5, 0.6) is 0 Å². The van der Waals surface area contributed by atoms with Crippen molar-refractivity contribution in [3.8, 4) is 0 Å². The van der Waals surface area contributed by atoms with Crippen LogP contribution in [0.4, 0.5) is 8.78 Å². The molecule has 1 aromatic carbocycles. The molecule has 1 saturated carbocycles. The highest BCUT2D eigenvalue weighted by molar-refractivity contribution is 5.22. The van der Waals surface area contributed by atoms with Crippen LogP contribution in [-0.2, 0) is 0 Å². The number of benzene rings is 1. The Bertz CT molecular complexity index is 417. The van der Waals surface area contributed by atoms with Crippen molar-refractivity contribution >= 4 is 0 Å². The third-order valence-electron chi connectivity index (χ3n) is 4.11. The lowest BCUT2D eigenvalue weighted by molar-refractivity contribution is 0.147. The molecule has 1 atom stereocenters. The Morgan fingerprint density at radius 1 is 1.26 bits per heavy atom. The largest absolute Gasteiger partial charge is 0.329 e. The molecule has 2 nitrogen and oxygen atoms in total. The Kier molecular flexibility index (Phi) is 4.88. The molecule has 0 heterocycles. The summed E-state index contributed by atoms with van der Waals surface area (Å²) in [5, 5.41) is 0. The number of hydrogen-bond acceptors (Lipinski definition) is 2. The summed E-state index contributed by atoms with van der Waals surface area (Å²) in [7, 11) is 0. The van der Waals surface area contributed by atoms with E-state index in [1.165, 1.54) is 37.8 Å².